The van der Waals surface area contributed by atoms with Crippen LogP contribution >= 0.6 is 0 Å². The first kappa shape index (κ1) is 23.3. The molecule has 2 aromatic rings. The van der Waals surface area contributed by atoms with Crippen LogP contribution in [0.25, 0.3) is 0 Å². The summed E-state index contributed by atoms with van der Waals surface area (Å²) in [6.45, 7) is 2.13. The van der Waals surface area contributed by atoms with Gasteiger partial charge in [-0.3, -0.25) is 9.59 Å². The lowest BCUT2D eigenvalue weighted by atomic mass is 9.79. The van der Waals surface area contributed by atoms with Crippen molar-refractivity contribution in [1.82, 2.24) is 0 Å². The molecule has 32 heavy (non-hydrogen) atoms. The Morgan fingerprint density at radius 3 is 2.50 bits per heavy atom. The lowest BCUT2D eigenvalue weighted by Gasteiger charge is -2.28. The van der Waals surface area contributed by atoms with Crippen molar-refractivity contribution in [2.24, 2.45) is 0 Å². The summed E-state index contributed by atoms with van der Waals surface area (Å²) in [4.78, 5) is 27.4. The van der Waals surface area contributed by atoms with E-state index in [1.807, 2.05) is 13.0 Å². The number of carbonyl (C=O) groups excluding carboxylic acids is 2. The summed E-state index contributed by atoms with van der Waals surface area (Å²) in [6, 6.07) is 15.0. The molecule has 7 heteroatoms. The number of nitrogens with zero attached hydrogens (tertiary/aromatic N) is 2. The Bertz CT molecular complexity index is 978. The summed E-state index contributed by atoms with van der Waals surface area (Å²) in [5.41, 5.74) is 0.240. The second-order valence-electron chi connectivity index (χ2n) is 7.76. The van der Waals surface area contributed by atoms with Crippen molar-refractivity contribution in [3.8, 4) is 11.8 Å². The van der Waals surface area contributed by atoms with E-state index >= 15 is 0 Å². The molecule has 0 spiro atoms. The summed E-state index contributed by atoms with van der Waals surface area (Å²) in [6.07, 6.45) is 2.92. The molecule has 0 atom stereocenters. The van der Waals surface area contributed by atoms with E-state index in [4.69, 9.17) is 14.7 Å². The molecule has 3 rings (SSSR count). The fourth-order valence-corrected chi connectivity index (χ4v) is 4.17. The summed E-state index contributed by atoms with van der Waals surface area (Å²) in [5, 5.41) is 8.98. The Balaban J connectivity index is 1.73. The molecular weight excluding hydrogens is 411 g/mol. The summed E-state index contributed by atoms with van der Waals surface area (Å²) in [5.74, 6) is -0.671. The molecule has 6 nitrogen and oxygen atoms in total. The Labute approximate surface area is 187 Å². The molecule has 0 aliphatic heterocycles. The molecule has 0 saturated heterocycles. The van der Waals surface area contributed by atoms with Gasteiger partial charge in [-0.25, -0.2) is 4.39 Å². The molecule has 0 unspecified atom stereocenters. The quantitative estimate of drug-likeness (QED) is 0.538. The van der Waals surface area contributed by atoms with Gasteiger partial charge in [-0.05, 0) is 61.7 Å². The topological polar surface area (TPSA) is 79.6 Å². The number of carbonyl (C=O) groups is 2. The van der Waals surface area contributed by atoms with Crippen LogP contribution in [-0.4, -0.2) is 31.6 Å². The number of ether oxygens (including phenoxy) is 2. The third kappa shape index (κ3) is 5.25. The highest BCUT2D eigenvalue weighted by Crippen LogP contribution is 2.42. The molecular formula is C25H27FN2O4. The molecule has 2 aromatic carbocycles. The van der Waals surface area contributed by atoms with Crippen molar-refractivity contribution >= 4 is 17.6 Å². The van der Waals surface area contributed by atoms with E-state index in [9.17, 15) is 14.0 Å². The third-order valence-electron chi connectivity index (χ3n) is 5.76. The van der Waals surface area contributed by atoms with Gasteiger partial charge in [0, 0.05) is 12.2 Å². The molecule has 0 heterocycles. The van der Waals surface area contributed by atoms with Gasteiger partial charge in [-0.15, -0.1) is 0 Å². The van der Waals surface area contributed by atoms with Gasteiger partial charge in [0.05, 0.1) is 24.5 Å². The normalized spacial score (nSPS) is 14.4. The predicted octanol–water partition coefficient (Wildman–Crippen LogP) is 4.53. The van der Waals surface area contributed by atoms with Crippen molar-refractivity contribution in [1.29, 1.82) is 5.26 Å². The molecule has 1 aliphatic carbocycles. The van der Waals surface area contributed by atoms with Crippen LogP contribution in [0.4, 0.5) is 10.1 Å². The second kappa shape index (κ2) is 10.8. The zero-order valence-corrected chi connectivity index (χ0v) is 18.2. The van der Waals surface area contributed by atoms with Crippen LogP contribution in [0.3, 0.4) is 0 Å². The van der Waals surface area contributed by atoms with Crippen LogP contribution in [0.5, 0.6) is 5.75 Å². The van der Waals surface area contributed by atoms with Gasteiger partial charge >= 0.3 is 5.97 Å². The van der Waals surface area contributed by atoms with Crippen molar-refractivity contribution < 1.29 is 23.5 Å². The Kier molecular flexibility index (Phi) is 7.82. The lowest BCUT2D eigenvalue weighted by Crippen LogP contribution is -2.40. The van der Waals surface area contributed by atoms with E-state index in [1.54, 1.807) is 36.4 Å². The number of rotatable bonds is 9. The number of hydrogen-bond acceptors (Lipinski definition) is 5. The summed E-state index contributed by atoms with van der Waals surface area (Å²) >= 11 is 0. The van der Waals surface area contributed by atoms with Crippen LogP contribution in [0.2, 0.25) is 0 Å². The lowest BCUT2D eigenvalue weighted by molar-refractivity contribution is -0.153. The SMILES string of the molecule is CCOc1ccc(N(CCC#N)C(=O)COC(=O)C2(c3cccc(F)c3)CCCC2)cc1. The maximum absolute atomic E-state index is 13.8. The van der Waals surface area contributed by atoms with Gasteiger partial charge in [0.1, 0.15) is 11.6 Å². The third-order valence-corrected chi connectivity index (χ3v) is 5.76. The first-order chi connectivity index (χ1) is 15.5. The van der Waals surface area contributed by atoms with Crippen molar-refractivity contribution in [3.05, 3.63) is 59.9 Å². The molecule has 0 bridgehead atoms. The molecule has 1 amide bonds. The minimum Gasteiger partial charge on any atom is -0.494 e. The van der Waals surface area contributed by atoms with Gasteiger partial charge in [0.25, 0.3) is 5.91 Å². The number of benzene rings is 2. The van der Waals surface area contributed by atoms with E-state index in [-0.39, 0.29) is 13.0 Å². The fraction of sp³-hybridized carbons (Fsp3) is 0.400. The highest BCUT2D eigenvalue weighted by atomic mass is 19.1. The fourth-order valence-electron chi connectivity index (χ4n) is 4.17. The predicted molar refractivity (Wildman–Crippen MR) is 118 cm³/mol. The van der Waals surface area contributed by atoms with Crippen molar-refractivity contribution in [2.75, 3.05) is 24.7 Å². The molecule has 0 N–H and O–H groups in total. The number of hydrogen-bond donors (Lipinski definition) is 0. The number of esters is 1. The monoisotopic (exact) mass is 438 g/mol. The highest BCUT2D eigenvalue weighted by Gasteiger charge is 2.44. The Hall–Kier alpha value is -3.40. The molecule has 0 aromatic heterocycles. The number of halogens is 1. The van der Waals surface area contributed by atoms with Gasteiger partial charge in [0.15, 0.2) is 6.61 Å². The molecule has 1 saturated carbocycles. The van der Waals surface area contributed by atoms with Crippen LogP contribution in [0.15, 0.2) is 48.5 Å². The van der Waals surface area contributed by atoms with Gasteiger partial charge in [0.2, 0.25) is 0 Å². The van der Waals surface area contributed by atoms with E-state index in [1.165, 1.54) is 17.0 Å². The number of amides is 1. The minimum absolute atomic E-state index is 0.139. The Morgan fingerprint density at radius 1 is 1.16 bits per heavy atom. The van der Waals surface area contributed by atoms with Crippen molar-refractivity contribution in [3.63, 3.8) is 0 Å². The van der Waals surface area contributed by atoms with Crippen LogP contribution in [0, 0.1) is 17.1 Å². The minimum atomic E-state index is -0.932. The number of nitriles is 1. The van der Waals surface area contributed by atoms with Gasteiger partial charge in [-0.2, -0.15) is 5.26 Å². The smallest absolute Gasteiger partial charge is 0.317 e. The van der Waals surface area contributed by atoms with E-state index < -0.39 is 29.7 Å². The summed E-state index contributed by atoms with van der Waals surface area (Å²) < 4.78 is 24.7. The van der Waals surface area contributed by atoms with E-state index in [2.05, 4.69) is 0 Å². The highest BCUT2D eigenvalue weighted by molar-refractivity contribution is 5.96. The first-order valence-electron chi connectivity index (χ1n) is 10.8. The van der Waals surface area contributed by atoms with E-state index in [0.717, 1.165) is 12.8 Å². The van der Waals surface area contributed by atoms with E-state index in [0.29, 0.717) is 36.4 Å². The molecule has 168 valence electrons. The van der Waals surface area contributed by atoms with Crippen LogP contribution in [-0.2, 0) is 19.7 Å². The van der Waals surface area contributed by atoms with Crippen LogP contribution in [0.1, 0.15) is 44.6 Å². The zero-order chi connectivity index (χ0) is 23.0. The standard InChI is InChI=1S/C25H27FN2O4/c1-2-31-22-11-9-21(10-12-22)28(16-6-15-27)23(29)18-32-24(30)25(13-3-4-14-25)19-7-5-8-20(26)17-19/h5,7-12,17H,2-4,6,13-14,16,18H2,1H3. The van der Waals surface area contributed by atoms with Crippen LogP contribution < -0.4 is 9.64 Å². The zero-order valence-electron chi connectivity index (χ0n) is 18.2. The molecule has 1 aliphatic rings. The Morgan fingerprint density at radius 2 is 1.88 bits per heavy atom. The average Bonchev–Trinajstić information content (AvgIpc) is 3.30. The largest absolute Gasteiger partial charge is 0.494 e. The summed E-state index contributed by atoms with van der Waals surface area (Å²) in [7, 11) is 0. The first-order valence-corrected chi connectivity index (χ1v) is 10.8. The second-order valence-corrected chi connectivity index (χ2v) is 7.76. The molecule has 0 radical (unpaired) electrons. The van der Waals surface area contributed by atoms with Gasteiger partial charge < -0.3 is 14.4 Å². The maximum Gasteiger partial charge on any atom is 0.317 e. The molecule has 1 fully saturated rings. The number of anilines is 1. The maximum atomic E-state index is 13.8. The average molecular weight is 438 g/mol. The van der Waals surface area contributed by atoms with Gasteiger partial charge in [-0.1, -0.05) is 25.0 Å². The van der Waals surface area contributed by atoms with Crippen molar-refractivity contribution in [2.45, 2.75) is 44.4 Å².